The summed E-state index contributed by atoms with van der Waals surface area (Å²) in [6.45, 7) is 4.38. The van der Waals surface area contributed by atoms with Crippen molar-refractivity contribution >= 4 is 35.2 Å². The number of nitrogens with one attached hydrogen (secondary N) is 4. The van der Waals surface area contributed by atoms with Crippen LogP contribution < -0.4 is 26.0 Å². The Kier molecular flexibility index (Phi) is 11.3. The predicted octanol–water partition coefficient (Wildman–Crippen LogP) is 2.66. The molecular weight excluding hydrogens is 585 g/mol. The van der Waals surface area contributed by atoms with E-state index in [9.17, 15) is 37.1 Å². The monoisotopic (exact) mass is 626 g/mol. The van der Waals surface area contributed by atoms with Crippen LogP contribution in [0, 0.1) is 17.3 Å². The van der Waals surface area contributed by atoms with Crippen LogP contribution in [0.1, 0.15) is 58.9 Å². The minimum atomic E-state index is -4.91. The van der Waals surface area contributed by atoms with Gasteiger partial charge in [0.25, 0.3) is 0 Å². The first-order valence-electron chi connectivity index (χ1n) is 14.6. The van der Waals surface area contributed by atoms with Gasteiger partial charge in [-0.1, -0.05) is 19.9 Å². The number of amides is 3. The number of carbonyl (C=O) groups is 5. The number of rotatable bonds is 13. The summed E-state index contributed by atoms with van der Waals surface area (Å²) in [4.78, 5) is 64.6. The molecule has 1 aromatic carbocycles. The molecule has 0 aromatic heterocycles. The number of halogens is 3. The van der Waals surface area contributed by atoms with Crippen LogP contribution in [0.25, 0.3) is 0 Å². The van der Waals surface area contributed by atoms with Crippen LogP contribution in [0.5, 0.6) is 5.75 Å². The molecule has 4 atom stereocenters. The lowest BCUT2D eigenvalue weighted by Crippen LogP contribution is -2.55. The number of ether oxygens (including phenoxy) is 2. The van der Waals surface area contributed by atoms with E-state index in [0.29, 0.717) is 45.4 Å². The van der Waals surface area contributed by atoms with Gasteiger partial charge in [0.15, 0.2) is 17.8 Å². The summed E-state index contributed by atoms with van der Waals surface area (Å²) in [6.07, 6.45) is -3.48. The van der Waals surface area contributed by atoms with Gasteiger partial charge in [-0.25, -0.2) is 0 Å². The maximum Gasteiger partial charge on any atom is 0.404 e. The molecule has 44 heavy (non-hydrogen) atoms. The van der Waals surface area contributed by atoms with Crippen molar-refractivity contribution in [3.05, 3.63) is 23.8 Å². The second kappa shape index (κ2) is 14.3. The largest absolute Gasteiger partial charge is 0.496 e. The fourth-order valence-corrected chi connectivity index (χ4v) is 5.10. The number of anilines is 1. The van der Waals surface area contributed by atoms with E-state index in [1.807, 2.05) is 19.9 Å². The molecule has 1 fully saturated rings. The Bertz CT molecular complexity index is 1250. The molecule has 14 heteroatoms. The molecule has 3 rings (SSSR count). The predicted molar refractivity (Wildman–Crippen MR) is 154 cm³/mol. The van der Waals surface area contributed by atoms with E-state index in [1.54, 1.807) is 12.1 Å². The van der Waals surface area contributed by atoms with Crippen molar-refractivity contribution < 1.29 is 46.6 Å². The Hall–Kier alpha value is -3.84. The van der Waals surface area contributed by atoms with Gasteiger partial charge in [-0.15, -0.1) is 0 Å². The van der Waals surface area contributed by atoms with Gasteiger partial charge >= 0.3 is 12.1 Å². The van der Waals surface area contributed by atoms with Gasteiger partial charge in [0.1, 0.15) is 17.8 Å². The summed E-state index contributed by atoms with van der Waals surface area (Å²) >= 11 is 0. The lowest BCUT2D eigenvalue weighted by molar-refractivity contribution is -0.224. The van der Waals surface area contributed by atoms with Gasteiger partial charge in [0.2, 0.25) is 17.7 Å². The van der Waals surface area contributed by atoms with Gasteiger partial charge in [-0.05, 0) is 57.6 Å². The lowest BCUT2D eigenvalue weighted by atomic mass is 9.89. The normalized spacial score (nSPS) is 19.6. The van der Waals surface area contributed by atoms with E-state index >= 15 is 0 Å². The van der Waals surface area contributed by atoms with Gasteiger partial charge in [-0.2, -0.15) is 13.2 Å². The zero-order valence-corrected chi connectivity index (χ0v) is 25.6. The first-order chi connectivity index (χ1) is 20.5. The van der Waals surface area contributed by atoms with Crippen molar-refractivity contribution in [3.63, 3.8) is 0 Å². The molecular formula is C30H41F3N4O7. The van der Waals surface area contributed by atoms with Gasteiger partial charge in [-0.3, -0.25) is 24.0 Å². The third-order valence-electron chi connectivity index (χ3n) is 7.94. The fraction of sp³-hybridized carbons (Fsp3) is 0.633. The molecule has 11 nitrogen and oxygen atoms in total. The third-order valence-corrected chi connectivity index (χ3v) is 7.94. The second-order valence-electron chi connectivity index (χ2n) is 12.2. The van der Waals surface area contributed by atoms with Crippen LogP contribution in [-0.2, 0) is 35.1 Å². The number of alkyl halides is 3. The van der Waals surface area contributed by atoms with E-state index < -0.39 is 65.8 Å². The Morgan fingerprint density at radius 2 is 1.80 bits per heavy atom. The first-order valence-corrected chi connectivity index (χ1v) is 14.6. The summed E-state index contributed by atoms with van der Waals surface area (Å²) in [5.41, 5.74) is -1.31. The van der Waals surface area contributed by atoms with Crippen LogP contribution in [-0.4, -0.2) is 74.0 Å². The number of carbonyl (C=O) groups excluding carboxylic acids is 5. The summed E-state index contributed by atoms with van der Waals surface area (Å²) in [6, 6.07) is 2.25. The van der Waals surface area contributed by atoms with Crippen molar-refractivity contribution in [1.82, 2.24) is 16.0 Å². The number of methoxy groups -OCH3 is 1. The number of piperidine rings is 1. The van der Waals surface area contributed by atoms with Crippen LogP contribution in [0.4, 0.5) is 18.9 Å². The summed E-state index contributed by atoms with van der Waals surface area (Å²) in [5.74, 6) is -4.11. The fourth-order valence-electron chi connectivity index (χ4n) is 5.10. The second-order valence-corrected chi connectivity index (χ2v) is 12.2. The van der Waals surface area contributed by atoms with Crippen molar-refractivity contribution in [3.8, 4) is 5.75 Å². The number of hydrogen-bond donors (Lipinski definition) is 4. The number of fused-ring (bicyclic) bond motifs is 1. The maximum atomic E-state index is 13.5. The topological polar surface area (TPSA) is 152 Å². The molecule has 4 N–H and O–H groups in total. The van der Waals surface area contributed by atoms with Crippen molar-refractivity contribution in [1.29, 1.82) is 0 Å². The summed E-state index contributed by atoms with van der Waals surface area (Å²) in [5, 5.41) is 11.1. The maximum absolute atomic E-state index is 13.5. The van der Waals surface area contributed by atoms with Crippen LogP contribution in [0.2, 0.25) is 0 Å². The molecule has 0 radical (unpaired) electrons. The lowest BCUT2D eigenvalue weighted by Gasteiger charge is -2.29. The molecule has 1 unspecified atom stereocenters. The van der Waals surface area contributed by atoms with E-state index in [0.717, 1.165) is 11.3 Å². The van der Waals surface area contributed by atoms with E-state index in [4.69, 9.17) is 9.47 Å². The average Bonchev–Trinajstić information content (AvgIpc) is 3.40. The van der Waals surface area contributed by atoms with Crippen LogP contribution in [0.3, 0.4) is 0 Å². The number of benzene rings is 1. The van der Waals surface area contributed by atoms with Crippen molar-refractivity contribution in [2.75, 3.05) is 25.6 Å². The Morgan fingerprint density at radius 3 is 2.41 bits per heavy atom. The molecule has 3 amide bonds. The molecule has 0 spiro atoms. The number of hydrogen-bond acceptors (Lipinski definition) is 8. The van der Waals surface area contributed by atoms with Gasteiger partial charge < -0.3 is 30.7 Å². The zero-order chi connectivity index (χ0) is 32.8. The minimum Gasteiger partial charge on any atom is -0.496 e. The van der Waals surface area contributed by atoms with Crippen molar-refractivity contribution in [2.24, 2.45) is 17.3 Å². The molecule has 1 aromatic rings. The van der Waals surface area contributed by atoms with Crippen LogP contribution in [0.15, 0.2) is 18.2 Å². The molecule has 0 aliphatic carbocycles. The zero-order valence-electron chi connectivity index (χ0n) is 25.6. The van der Waals surface area contributed by atoms with Crippen LogP contribution >= 0.6 is 0 Å². The van der Waals surface area contributed by atoms with E-state index in [1.165, 1.54) is 7.11 Å². The van der Waals surface area contributed by atoms with Crippen molar-refractivity contribution in [2.45, 2.75) is 84.1 Å². The smallest absolute Gasteiger partial charge is 0.404 e. The quantitative estimate of drug-likeness (QED) is 0.244. The Balaban J connectivity index is 1.74. The Labute approximate surface area is 254 Å². The molecule has 244 valence electrons. The molecule has 0 bridgehead atoms. The highest BCUT2D eigenvalue weighted by atomic mass is 19.4. The summed E-state index contributed by atoms with van der Waals surface area (Å²) < 4.78 is 50.0. The number of ketones is 1. The number of esters is 1. The number of Topliss-reactive ketones (excluding diaryl/α,β-unsaturated/α-hetero) is 1. The average molecular weight is 627 g/mol. The van der Waals surface area contributed by atoms with Gasteiger partial charge in [0, 0.05) is 30.1 Å². The molecule has 2 aliphatic heterocycles. The highest BCUT2D eigenvalue weighted by Gasteiger charge is 2.54. The molecule has 0 saturated carbocycles. The first kappa shape index (κ1) is 34.6. The highest BCUT2D eigenvalue weighted by molar-refractivity contribution is 5.96. The van der Waals surface area contributed by atoms with Gasteiger partial charge in [0.05, 0.1) is 13.2 Å². The molecule has 1 saturated heterocycles. The minimum absolute atomic E-state index is 0.0521. The third kappa shape index (κ3) is 8.41. The Morgan fingerprint density at radius 1 is 1.09 bits per heavy atom. The SMILES string of the molecule is COc1cccc2c1CC(C(=O)N[C@@H](CC(C)C)C(=O)N[C@@H](C[C@@H]1CCCNC1=O)C(=O)COC(=O)C(C)(C)C(F)(F)F)N2. The summed E-state index contributed by atoms with van der Waals surface area (Å²) in [7, 11) is 1.53. The molecule has 2 aliphatic rings. The molecule has 2 heterocycles. The van der Waals surface area contributed by atoms with E-state index in [2.05, 4.69) is 21.3 Å². The standard InChI is InChI=1S/C30H41F3N4O7/c1-16(2)12-21(37-27(41)22-14-18-19(35-22)9-6-10-24(18)43-5)26(40)36-20(13-17-8-7-11-34-25(17)39)23(38)15-44-28(42)29(3,4)30(31,32)33/h6,9-10,16-17,20-22,35H,7-8,11-15H2,1-5H3,(H,34,39)(H,36,40)(H,37,41)/t17-,20-,21-,22?/m0/s1. The highest BCUT2D eigenvalue weighted by Crippen LogP contribution is 2.38. The van der Waals surface area contributed by atoms with E-state index in [-0.39, 0.29) is 24.7 Å².